The number of fused-ring (bicyclic) bond motifs is 2. The molecule has 4 rings (SSSR count). The lowest BCUT2D eigenvalue weighted by Gasteiger charge is -2.27. The molecule has 0 aromatic heterocycles. The van der Waals surface area contributed by atoms with Gasteiger partial charge in [0.15, 0.2) is 11.5 Å². The van der Waals surface area contributed by atoms with Crippen molar-refractivity contribution < 1.29 is 14.3 Å². The van der Waals surface area contributed by atoms with Gasteiger partial charge in [0.1, 0.15) is 13.2 Å². The molecule has 0 atom stereocenters. The molecule has 0 spiro atoms. The molecule has 0 bridgehead atoms. The summed E-state index contributed by atoms with van der Waals surface area (Å²) in [4.78, 5) is 14.3. The van der Waals surface area contributed by atoms with Crippen LogP contribution in [0.1, 0.15) is 16.7 Å². The second kappa shape index (κ2) is 6.40. The summed E-state index contributed by atoms with van der Waals surface area (Å²) in [5.74, 6) is 1.54. The second-order valence-corrected chi connectivity index (χ2v) is 6.01. The molecular weight excluding hydrogens is 302 g/mol. The van der Waals surface area contributed by atoms with E-state index in [4.69, 9.17) is 9.47 Å². The minimum atomic E-state index is 0.0411. The summed E-state index contributed by atoms with van der Waals surface area (Å²) in [6.07, 6.45) is 4.39. The van der Waals surface area contributed by atoms with E-state index in [0.717, 1.165) is 30.0 Å². The van der Waals surface area contributed by atoms with Crippen LogP contribution < -0.4 is 9.47 Å². The molecule has 4 nitrogen and oxygen atoms in total. The summed E-state index contributed by atoms with van der Waals surface area (Å²) in [6, 6.07) is 14.0. The van der Waals surface area contributed by atoms with E-state index in [9.17, 15) is 4.79 Å². The van der Waals surface area contributed by atoms with E-state index in [0.29, 0.717) is 19.8 Å². The fourth-order valence-corrected chi connectivity index (χ4v) is 3.12. The summed E-state index contributed by atoms with van der Waals surface area (Å²) < 4.78 is 11.1. The number of hydrogen-bond acceptors (Lipinski definition) is 3. The first-order valence-corrected chi connectivity index (χ1v) is 8.23. The zero-order valence-corrected chi connectivity index (χ0v) is 13.4. The summed E-state index contributed by atoms with van der Waals surface area (Å²) in [7, 11) is 0. The van der Waals surface area contributed by atoms with Crippen molar-refractivity contribution in [1.82, 2.24) is 4.90 Å². The van der Waals surface area contributed by atoms with Crippen molar-refractivity contribution in [3.05, 3.63) is 65.2 Å². The van der Waals surface area contributed by atoms with E-state index in [1.165, 1.54) is 11.1 Å². The topological polar surface area (TPSA) is 38.8 Å². The molecule has 0 N–H and O–H groups in total. The SMILES string of the molecule is O=C(/C=C/c1ccc2c(c1)OCCO2)N1CCc2ccccc2C1. The molecule has 0 aliphatic carbocycles. The molecule has 2 aliphatic rings. The van der Waals surface area contributed by atoms with Gasteiger partial charge in [-0.25, -0.2) is 0 Å². The summed E-state index contributed by atoms with van der Waals surface area (Å²) in [5.41, 5.74) is 3.52. The predicted molar refractivity (Wildman–Crippen MR) is 92.0 cm³/mol. The molecule has 2 aromatic carbocycles. The number of benzene rings is 2. The van der Waals surface area contributed by atoms with Crippen LogP contribution in [-0.4, -0.2) is 30.6 Å². The molecular formula is C20H19NO3. The Labute approximate surface area is 141 Å². The van der Waals surface area contributed by atoms with E-state index in [1.807, 2.05) is 35.2 Å². The van der Waals surface area contributed by atoms with Crippen molar-refractivity contribution >= 4 is 12.0 Å². The summed E-state index contributed by atoms with van der Waals surface area (Å²) in [6.45, 7) is 2.59. The van der Waals surface area contributed by atoms with Crippen LogP contribution in [0.15, 0.2) is 48.5 Å². The van der Waals surface area contributed by atoms with Gasteiger partial charge in [-0.2, -0.15) is 0 Å². The molecule has 122 valence electrons. The van der Waals surface area contributed by atoms with Gasteiger partial charge in [-0.3, -0.25) is 4.79 Å². The van der Waals surface area contributed by atoms with Gasteiger partial charge in [-0.15, -0.1) is 0 Å². The zero-order chi connectivity index (χ0) is 16.4. The number of nitrogens with zero attached hydrogens (tertiary/aromatic N) is 1. The Hall–Kier alpha value is -2.75. The lowest BCUT2D eigenvalue weighted by Crippen LogP contribution is -2.34. The number of ether oxygens (including phenoxy) is 2. The summed E-state index contributed by atoms with van der Waals surface area (Å²) in [5, 5.41) is 0. The van der Waals surface area contributed by atoms with Crippen LogP contribution in [-0.2, 0) is 17.8 Å². The minimum absolute atomic E-state index is 0.0411. The average Bonchev–Trinajstić information content (AvgIpc) is 2.65. The van der Waals surface area contributed by atoms with Crippen LogP contribution >= 0.6 is 0 Å². The highest BCUT2D eigenvalue weighted by Crippen LogP contribution is 2.31. The minimum Gasteiger partial charge on any atom is -0.486 e. The molecule has 0 unspecified atom stereocenters. The zero-order valence-electron chi connectivity index (χ0n) is 13.4. The third kappa shape index (κ3) is 3.00. The van der Waals surface area contributed by atoms with Crippen molar-refractivity contribution in [2.75, 3.05) is 19.8 Å². The van der Waals surface area contributed by atoms with Crippen LogP contribution in [0.3, 0.4) is 0 Å². The molecule has 2 aliphatic heterocycles. The van der Waals surface area contributed by atoms with Gasteiger partial charge in [0.25, 0.3) is 0 Å². The van der Waals surface area contributed by atoms with Crippen LogP contribution in [0.2, 0.25) is 0 Å². The molecule has 2 heterocycles. The van der Waals surface area contributed by atoms with E-state index >= 15 is 0 Å². The number of rotatable bonds is 2. The van der Waals surface area contributed by atoms with Gasteiger partial charge >= 0.3 is 0 Å². The fourth-order valence-electron chi connectivity index (χ4n) is 3.12. The highest BCUT2D eigenvalue weighted by atomic mass is 16.6. The third-order valence-corrected chi connectivity index (χ3v) is 4.43. The Kier molecular flexibility index (Phi) is 3.95. The van der Waals surface area contributed by atoms with E-state index in [1.54, 1.807) is 6.08 Å². The fraction of sp³-hybridized carbons (Fsp3) is 0.250. The number of hydrogen-bond donors (Lipinski definition) is 0. The molecule has 2 aromatic rings. The first-order valence-electron chi connectivity index (χ1n) is 8.23. The largest absolute Gasteiger partial charge is 0.486 e. The van der Waals surface area contributed by atoms with Crippen molar-refractivity contribution in [1.29, 1.82) is 0 Å². The second-order valence-electron chi connectivity index (χ2n) is 6.01. The van der Waals surface area contributed by atoms with Crippen molar-refractivity contribution in [2.45, 2.75) is 13.0 Å². The van der Waals surface area contributed by atoms with Crippen LogP contribution in [0.25, 0.3) is 6.08 Å². The maximum Gasteiger partial charge on any atom is 0.246 e. The van der Waals surface area contributed by atoms with Crippen LogP contribution in [0.4, 0.5) is 0 Å². The molecule has 24 heavy (non-hydrogen) atoms. The maximum atomic E-state index is 12.5. The van der Waals surface area contributed by atoms with Gasteiger partial charge in [0.2, 0.25) is 5.91 Å². The molecule has 0 fully saturated rings. The summed E-state index contributed by atoms with van der Waals surface area (Å²) >= 11 is 0. The first kappa shape index (κ1) is 14.8. The maximum absolute atomic E-state index is 12.5. The molecule has 4 heteroatoms. The van der Waals surface area contributed by atoms with Crippen molar-refractivity contribution in [2.24, 2.45) is 0 Å². The van der Waals surface area contributed by atoms with Gasteiger partial charge in [-0.1, -0.05) is 30.3 Å². The van der Waals surface area contributed by atoms with E-state index in [-0.39, 0.29) is 5.91 Å². The highest BCUT2D eigenvalue weighted by molar-refractivity contribution is 5.92. The Morgan fingerprint density at radius 3 is 2.67 bits per heavy atom. The van der Waals surface area contributed by atoms with E-state index < -0.39 is 0 Å². The predicted octanol–water partition coefficient (Wildman–Crippen LogP) is 3.06. The van der Waals surface area contributed by atoms with Crippen molar-refractivity contribution in [3.8, 4) is 11.5 Å². The number of carbonyl (C=O) groups excluding carboxylic acids is 1. The average molecular weight is 321 g/mol. The Morgan fingerprint density at radius 2 is 1.79 bits per heavy atom. The highest BCUT2D eigenvalue weighted by Gasteiger charge is 2.18. The molecule has 0 radical (unpaired) electrons. The Balaban J connectivity index is 1.45. The monoisotopic (exact) mass is 321 g/mol. The normalized spacial score (nSPS) is 16.1. The van der Waals surface area contributed by atoms with Crippen molar-refractivity contribution in [3.63, 3.8) is 0 Å². The van der Waals surface area contributed by atoms with E-state index in [2.05, 4.69) is 18.2 Å². The number of carbonyl (C=O) groups is 1. The Bertz CT molecular complexity index is 797. The lowest BCUT2D eigenvalue weighted by molar-refractivity contribution is -0.126. The van der Waals surface area contributed by atoms with Crippen LogP contribution in [0, 0.1) is 0 Å². The molecule has 0 saturated heterocycles. The number of amides is 1. The quantitative estimate of drug-likeness (QED) is 0.798. The Morgan fingerprint density at radius 1 is 1.00 bits per heavy atom. The van der Waals surface area contributed by atoms with Gasteiger partial charge < -0.3 is 14.4 Å². The van der Waals surface area contributed by atoms with Crippen LogP contribution in [0.5, 0.6) is 11.5 Å². The van der Waals surface area contributed by atoms with Gasteiger partial charge in [0.05, 0.1) is 0 Å². The molecule has 0 saturated carbocycles. The standard InChI is InChI=1S/C20H19NO3/c22-20(21-10-9-16-3-1-2-4-17(16)14-21)8-6-15-5-7-18-19(13-15)24-12-11-23-18/h1-8,13H,9-12,14H2/b8-6+. The van der Waals surface area contributed by atoms with Gasteiger partial charge in [0, 0.05) is 19.2 Å². The smallest absolute Gasteiger partial charge is 0.246 e. The third-order valence-electron chi connectivity index (χ3n) is 4.43. The molecule has 1 amide bonds. The lowest BCUT2D eigenvalue weighted by atomic mass is 10.00. The first-order chi connectivity index (χ1) is 11.8. The van der Waals surface area contributed by atoms with Gasteiger partial charge in [-0.05, 0) is 41.3 Å².